The number of halogens is 3. The number of nitrogens with one attached hydrogen (secondary N) is 1. The topological polar surface area (TPSA) is 63.2 Å². The van der Waals surface area contributed by atoms with Crippen LogP contribution in [0.2, 0.25) is 0 Å². The number of hydrogen-bond acceptors (Lipinski definition) is 3. The number of hydrogen-bond donors (Lipinski definition) is 1. The molecule has 2 rings (SSSR count). The summed E-state index contributed by atoms with van der Waals surface area (Å²) in [5.74, 6) is -2.02. The van der Waals surface area contributed by atoms with Crippen LogP contribution in [0.25, 0.3) is 0 Å². The zero-order valence-corrected chi connectivity index (χ0v) is 13.2. The lowest BCUT2D eigenvalue weighted by Crippen LogP contribution is -2.38. The first-order valence-electron chi connectivity index (χ1n) is 7.79. The Morgan fingerprint density at radius 3 is 2.05 bits per heavy atom. The summed E-state index contributed by atoms with van der Waals surface area (Å²) in [6.45, 7) is 0. The van der Waals surface area contributed by atoms with E-state index in [-0.39, 0.29) is 25.2 Å². The Morgan fingerprint density at radius 1 is 1.00 bits per heavy atom. The van der Waals surface area contributed by atoms with E-state index in [9.17, 15) is 26.4 Å². The molecule has 8 heteroatoms. The van der Waals surface area contributed by atoms with E-state index in [0.717, 1.165) is 12.8 Å². The highest BCUT2D eigenvalue weighted by Crippen LogP contribution is 2.40. The second kappa shape index (κ2) is 6.76. The molecule has 2 aliphatic carbocycles. The molecule has 0 aromatic heterocycles. The Hall–Kier alpha value is -0.790. The van der Waals surface area contributed by atoms with Crippen molar-refractivity contribution >= 4 is 15.9 Å². The van der Waals surface area contributed by atoms with Crippen molar-refractivity contribution in [2.75, 3.05) is 0 Å². The maximum Gasteiger partial charge on any atom is 0.391 e. The van der Waals surface area contributed by atoms with Gasteiger partial charge >= 0.3 is 6.18 Å². The highest BCUT2D eigenvalue weighted by molar-refractivity contribution is 7.90. The van der Waals surface area contributed by atoms with Crippen molar-refractivity contribution in [2.24, 2.45) is 11.8 Å². The molecule has 128 valence electrons. The van der Waals surface area contributed by atoms with Gasteiger partial charge in [-0.25, -0.2) is 8.42 Å². The zero-order valence-electron chi connectivity index (χ0n) is 12.4. The first kappa shape index (κ1) is 17.6. The summed E-state index contributed by atoms with van der Waals surface area (Å²) in [6.07, 6.45) is -0.646. The number of carbonyl (C=O) groups excluding carboxylic acids is 1. The van der Waals surface area contributed by atoms with Crippen LogP contribution in [0.5, 0.6) is 0 Å². The van der Waals surface area contributed by atoms with Gasteiger partial charge in [-0.2, -0.15) is 13.2 Å². The minimum Gasteiger partial charge on any atom is -0.274 e. The smallest absolute Gasteiger partial charge is 0.274 e. The van der Waals surface area contributed by atoms with E-state index in [0.29, 0.717) is 25.7 Å². The monoisotopic (exact) mass is 341 g/mol. The summed E-state index contributed by atoms with van der Waals surface area (Å²) >= 11 is 0. The molecule has 0 unspecified atom stereocenters. The minimum atomic E-state index is -4.17. The molecule has 0 atom stereocenters. The summed E-state index contributed by atoms with van der Waals surface area (Å²) in [4.78, 5) is 11.8. The van der Waals surface area contributed by atoms with Crippen molar-refractivity contribution in [1.29, 1.82) is 0 Å². The molecule has 22 heavy (non-hydrogen) atoms. The molecule has 0 aromatic carbocycles. The third kappa shape index (κ3) is 4.60. The average molecular weight is 341 g/mol. The van der Waals surface area contributed by atoms with Crippen LogP contribution in [0.3, 0.4) is 0 Å². The second-order valence-electron chi connectivity index (χ2n) is 6.44. The van der Waals surface area contributed by atoms with Gasteiger partial charge in [-0.3, -0.25) is 9.52 Å². The number of sulfonamides is 1. The summed E-state index contributed by atoms with van der Waals surface area (Å²) in [7, 11) is -3.62. The maximum atomic E-state index is 12.6. The van der Waals surface area contributed by atoms with E-state index in [2.05, 4.69) is 4.72 Å². The van der Waals surface area contributed by atoms with Crippen molar-refractivity contribution in [3.63, 3.8) is 0 Å². The molecule has 0 aliphatic heterocycles. The predicted molar refractivity (Wildman–Crippen MR) is 75.4 cm³/mol. The van der Waals surface area contributed by atoms with E-state index >= 15 is 0 Å². The fraction of sp³-hybridized carbons (Fsp3) is 0.929. The van der Waals surface area contributed by atoms with Crippen molar-refractivity contribution in [3.05, 3.63) is 0 Å². The molecule has 2 fully saturated rings. The standard InChI is InChI=1S/C14H22F3NO3S/c15-14(16,17)11-7-5-10(6-8-11)9-13(19)18-22(20,21)12-3-1-2-4-12/h10-12H,1-9H2,(H,18,19). The van der Waals surface area contributed by atoms with Crippen LogP contribution in [0.15, 0.2) is 0 Å². The summed E-state index contributed by atoms with van der Waals surface area (Å²) in [6, 6.07) is 0. The molecule has 2 saturated carbocycles. The van der Waals surface area contributed by atoms with Crippen LogP contribution in [-0.2, 0) is 14.8 Å². The molecule has 0 bridgehead atoms. The van der Waals surface area contributed by atoms with Crippen molar-refractivity contribution < 1.29 is 26.4 Å². The van der Waals surface area contributed by atoms with Crippen LogP contribution in [0.4, 0.5) is 13.2 Å². The van der Waals surface area contributed by atoms with Crippen LogP contribution in [-0.4, -0.2) is 25.8 Å². The van der Waals surface area contributed by atoms with Gasteiger partial charge in [-0.05, 0) is 44.4 Å². The lowest BCUT2D eigenvalue weighted by atomic mass is 9.80. The van der Waals surface area contributed by atoms with E-state index in [1.165, 1.54) is 0 Å². The van der Waals surface area contributed by atoms with Crippen molar-refractivity contribution in [3.8, 4) is 0 Å². The van der Waals surface area contributed by atoms with Gasteiger partial charge in [0.2, 0.25) is 15.9 Å². The number of rotatable bonds is 4. The summed E-state index contributed by atoms with van der Waals surface area (Å²) < 4.78 is 63.8. The molecule has 0 radical (unpaired) electrons. The maximum absolute atomic E-state index is 12.6. The number of alkyl halides is 3. The third-order valence-corrected chi connectivity index (χ3v) is 6.64. The Bertz CT molecular complexity index is 490. The Balaban J connectivity index is 1.79. The number of carbonyl (C=O) groups is 1. The first-order valence-corrected chi connectivity index (χ1v) is 9.34. The molecule has 0 aromatic rings. The Labute approximate surface area is 128 Å². The van der Waals surface area contributed by atoms with Gasteiger partial charge in [0, 0.05) is 6.42 Å². The largest absolute Gasteiger partial charge is 0.391 e. The van der Waals surface area contributed by atoms with E-state index in [4.69, 9.17) is 0 Å². The molecule has 4 nitrogen and oxygen atoms in total. The minimum absolute atomic E-state index is 0.00345. The zero-order chi connectivity index (χ0) is 16.4. The van der Waals surface area contributed by atoms with E-state index < -0.39 is 33.3 Å². The average Bonchev–Trinajstić information content (AvgIpc) is 2.92. The van der Waals surface area contributed by atoms with Gasteiger partial charge in [-0.1, -0.05) is 12.8 Å². The Kier molecular flexibility index (Phi) is 5.40. The van der Waals surface area contributed by atoms with Gasteiger partial charge in [-0.15, -0.1) is 0 Å². The molecule has 0 heterocycles. The normalized spacial score (nSPS) is 27.8. The highest BCUT2D eigenvalue weighted by atomic mass is 32.2. The van der Waals surface area contributed by atoms with Crippen molar-refractivity contribution in [1.82, 2.24) is 4.72 Å². The van der Waals surface area contributed by atoms with Crippen LogP contribution in [0, 0.1) is 11.8 Å². The molecule has 2 aliphatic rings. The van der Waals surface area contributed by atoms with Gasteiger partial charge in [0.15, 0.2) is 0 Å². The Morgan fingerprint density at radius 2 is 1.55 bits per heavy atom. The molecule has 0 saturated heterocycles. The quantitative estimate of drug-likeness (QED) is 0.854. The summed E-state index contributed by atoms with van der Waals surface area (Å²) in [5.41, 5.74) is 0. The molecular weight excluding hydrogens is 319 g/mol. The number of amides is 1. The molecular formula is C14H22F3NO3S. The second-order valence-corrected chi connectivity index (χ2v) is 8.40. The van der Waals surface area contributed by atoms with Gasteiger partial charge in [0.1, 0.15) is 0 Å². The molecule has 1 amide bonds. The van der Waals surface area contributed by atoms with Crippen LogP contribution < -0.4 is 4.72 Å². The van der Waals surface area contributed by atoms with Gasteiger partial charge in [0.05, 0.1) is 11.2 Å². The lowest BCUT2D eigenvalue weighted by molar-refractivity contribution is -0.184. The fourth-order valence-electron chi connectivity index (χ4n) is 3.44. The van der Waals surface area contributed by atoms with Crippen LogP contribution >= 0.6 is 0 Å². The predicted octanol–water partition coefficient (Wildman–Crippen LogP) is 3.13. The van der Waals surface area contributed by atoms with Crippen LogP contribution in [0.1, 0.15) is 57.8 Å². The lowest BCUT2D eigenvalue weighted by Gasteiger charge is -2.29. The third-order valence-electron chi connectivity index (χ3n) is 4.78. The van der Waals surface area contributed by atoms with Gasteiger partial charge < -0.3 is 0 Å². The fourth-order valence-corrected chi connectivity index (χ4v) is 4.96. The first-order chi connectivity index (χ1) is 10.2. The highest BCUT2D eigenvalue weighted by Gasteiger charge is 2.41. The van der Waals surface area contributed by atoms with Crippen molar-refractivity contribution in [2.45, 2.75) is 69.2 Å². The van der Waals surface area contributed by atoms with Gasteiger partial charge in [0.25, 0.3) is 0 Å². The molecule has 0 spiro atoms. The molecule has 1 N–H and O–H groups in total. The SMILES string of the molecule is O=C(CC1CCC(C(F)(F)F)CC1)NS(=O)(=O)C1CCCC1. The summed E-state index contributed by atoms with van der Waals surface area (Å²) in [5, 5.41) is -0.502. The van der Waals surface area contributed by atoms with E-state index in [1.54, 1.807) is 0 Å². The van der Waals surface area contributed by atoms with E-state index in [1.807, 2.05) is 0 Å².